The van der Waals surface area contributed by atoms with Gasteiger partial charge in [0.1, 0.15) is 50.5 Å². The molecule has 496 valence electrons. The third-order valence-corrected chi connectivity index (χ3v) is 15.5. The maximum atomic E-state index is 12.6. The Hall–Kier alpha value is -7.52. The number of rotatable bonds is 14. The van der Waals surface area contributed by atoms with Gasteiger partial charge in [-0.25, -0.2) is 33.6 Å². The predicted octanol–water partition coefficient (Wildman–Crippen LogP) is 11.0. The fourth-order valence-corrected chi connectivity index (χ4v) is 11.1. The highest BCUT2D eigenvalue weighted by Gasteiger charge is 2.44. The van der Waals surface area contributed by atoms with Crippen LogP contribution in [0.1, 0.15) is 129 Å². The van der Waals surface area contributed by atoms with Gasteiger partial charge in [-0.15, -0.1) is 0 Å². The van der Waals surface area contributed by atoms with Crippen molar-refractivity contribution in [2.24, 2.45) is 0 Å². The van der Waals surface area contributed by atoms with Crippen LogP contribution in [0.2, 0.25) is 19.6 Å². The molecule has 0 radical (unpaired) electrons. The number of aliphatic hydroxyl groups is 1. The van der Waals surface area contributed by atoms with Gasteiger partial charge in [-0.05, 0) is 117 Å². The second kappa shape index (κ2) is 33.7. The van der Waals surface area contributed by atoms with Crippen LogP contribution in [0.25, 0.3) is 0 Å². The summed E-state index contributed by atoms with van der Waals surface area (Å²) in [5, 5.41) is 29.1. The molecule has 0 aliphatic carbocycles. The lowest BCUT2D eigenvalue weighted by atomic mass is 10.1. The molecule has 4 aliphatic rings. The lowest BCUT2D eigenvalue weighted by Crippen LogP contribution is -2.41. The first-order chi connectivity index (χ1) is 42.9. The molecule has 26 heteroatoms. The van der Waals surface area contributed by atoms with Crippen molar-refractivity contribution in [3.05, 3.63) is 157 Å². The summed E-state index contributed by atoms with van der Waals surface area (Å²) < 4.78 is 46.1. The number of likely N-dealkylation sites (tertiary alicyclic amines) is 3. The number of β-amino-alcohol motifs (C(OH)–C–C–N with tert-alkyl or cyclic N) is 1. The lowest BCUT2D eigenvalue weighted by molar-refractivity contribution is -0.142. The first-order valence-electron chi connectivity index (χ1n) is 30.4. The maximum absolute atomic E-state index is 12.6. The first-order valence-corrected chi connectivity index (χ1v) is 34.2. The number of aromatic nitrogens is 5. The van der Waals surface area contributed by atoms with Gasteiger partial charge in [0.15, 0.2) is 0 Å². The topological polar surface area (TPSA) is 286 Å². The van der Waals surface area contributed by atoms with E-state index in [0.717, 1.165) is 16.7 Å². The Morgan fingerprint density at radius 2 is 0.945 bits per heavy atom. The normalized spacial score (nSPS) is 21.4. The van der Waals surface area contributed by atoms with Crippen LogP contribution < -0.4 is 5.32 Å². The Morgan fingerprint density at radius 3 is 1.30 bits per heavy atom. The number of amides is 3. The standard InChI is InChI=1S/C19H24N2O4.C17H22ClNO4.C17H23NO5.C7H10N2O2.C5H11N3Si/c1-19(2,3)25-15-11-16(17-20-9-10-23-17)21(12-15)18(22)24-13-14-7-5-4-6-8-14;1-17(2,3)23-13-9-14(15(18)20)19(10-13)16(21)22-11-12-7-5-4-6-8-12;1-17(2,3)23-13-9-14(15(19)20)18(10-13)16(21)22-11-12-7-5-4-6-8-12;10-5-3-6(9-4-5)7-8-1-2-11-7;1-9(2,3)8-6-4-5-7-8/h4-10,15-16H,11-13H2,1-3H3;4-8,13-14H,9-11H2,1-3H3;4-8,13-14H,9-11H2,1-3H3,(H,19,20);1-2,5-6,9-10H,3-4H2;4-5H,1-3H3/t15-,16+;2*13-,14+;5-,6+;/m1111./s1. The number of oxazole rings is 2. The molecule has 4 fully saturated rings. The number of hydrogen-bond donors (Lipinski definition) is 3. The second-order valence-corrected chi connectivity index (χ2v) is 31.2. The molecule has 0 unspecified atom stereocenters. The van der Waals surface area contributed by atoms with E-state index in [9.17, 15) is 29.1 Å². The molecule has 10 rings (SSSR count). The van der Waals surface area contributed by atoms with E-state index in [4.69, 9.17) is 54.0 Å². The number of nitrogens with one attached hydrogen (secondary N) is 1. The van der Waals surface area contributed by atoms with Gasteiger partial charge >= 0.3 is 24.2 Å². The van der Waals surface area contributed by atoms with Gasteiger partial charge in [0, 0.05) is 25.8 Å². The zero-order valence-corrected chi connectivity index (χ0v) is 55.9. The van der Waals surface area contributed by atoms with Crippen molar-refractivity contribution in [2.75, 3.05) is 26.2 Å². The smallest absolute Gasteiger partial charge is 0.410 e. The first kappa shape index (κ1) is 72.5. The Labute approximate surface area is 538 Å². The average molecular weight is 1300 g/mol. The highest BCUT2D eigenvalue weighted by atomic mass is 35.5. The van der Waals surface area contributed by atoms with Crippen LogP contribution in [0.4, 0.5) is 14.4 Å². The average Bonchev–Trinajstić information content (AvgIpc) is 3.79. The summed E-state index contributed by atoms with van der Waals surface area (Å²) in [5.74, 6) is 0.139. The van der Waals surface area contributed by atoms with Crippen molar-refractivity contribution in [2.45, 2.75) is 193 Å². The number of carboxylic acid groups (broad SMARTS) is 1. The molecule has 4 saturated heterocycles. The Kier molecular flexibility index (Phi) is 26.9. The van der Waals surface area contributed by atoms with Crippen molar-refractivity contribution in [1.82, 2.24) is 44.6 Å². The third kappa shape index (κ3) is 24.9. The molecule has 0 spiro atoms. The molecule has 24 nitrogen and oxygen atoms in total. The monoisotopic (exact) mass is 1300 g/mol. The molecule has 3 amide bonds. The van der Waals surface area contributed by atoms with Crippen molar-refractivity contribution in [1.29, 1.82) is 0 Å². The van der Waals surface area contributed by atoms with E-state index in [1.807, 2.05) is 158 Å². The van der Waals surface area contributed by atoms with Gasteiger partial charge in [-0.1, -0.05) is 91.0 Å². The van der Waals surface area contributed by atoms with Crippen LogP contribution >= 0.6 is 11.6 Å². The van der Waals surface area contributed by atoms with Gasteiger partial charge in [0.2, 0.25) is 25.3 Å². The Balaban J connectivity index is 0.000000189. The summed E-state index contributed by atoms with van der Waals surface area (Å²) in [5.41, 5.74) is 1.66. The number of aliphatic carboxylic acids is 1. The number of halogens is 1. The molecule has 3 aromatic heterocycles. The van der Waals surface area contributed by atoms with Crippen LogP contribution in [0.15, 0.2) is 137 Å². The number of aliphatic hydroxyl groups excluding tert-OH is 1. The van der Waals surface area contributed by atoms with E-state index < -0.39 is 49.3 Å². The molecule has 91 heavy (non-hydrogen) atoms. The van der Waals surface area contributed by atoms with Gasteiger partial charge in [-0.2, -0.15) is 10.2 Å². The molecular weight excluding hydrogens is 1210 g/mol. The SMILES string of the molecule is CC(C)(C)O[C@@H]1C[C@@H](C(=O)Cl)N(C(=O)OCc2ccccc2)C1.CC(C)(C)O[C@@H]1C[C@@H](C(=O)O)N(C(=O)OCc2ccccc2)C1.CC(C)(C)O[C@@H]1C[C@@H](c2ncco2)N(C(=O)OCc2ccccc2)C1.C[Si](C)(C)n1nccn1.O[C@H]1CN[C@H](c2ncco2)C1. The molecule has 3 aromatic carbocycles. The van der Waals surface area contributed by atoms with Crippen LogP contribution in [-0.2, 0) is 57.8 Å². The van der Waals surface area contributed by atoms with E-state index in [2.05, 4.69) is 45.1 Å². The summed E-state index contributed by atoms with van der Waals surface area (Å²) in [6.07, 6.45) is 9.26. The number of benzene rings is 3. The molecule has 3 N–H and O–H groups in total. The van der Waals surface area contributed by atoms with E-state index in [-0.39, 0.29) is 86.6 Å². The largest absolute Gasteiger partial charge is 0.480 e. The maximum Gasteiger partial charge on any atom is 0.410 e. The minimum atomic E-state index is -1.29. The highest BCUT2D eigenvalue weighted by Crippen LogP contribution is 2.35. The van der Waals surface area contributed by atoms with Crippen molar-refractivity contribution >= 4 is 49.3 Å². The second-order valence-electron chi connectivity index (χ2n) is 26.1. The Morgan fingerprint density at radius 1 is 0.560 bits per heavy atom. The fraction of sp³-hybridized carbons (Fsp3) is 0.523. The molecule has 0 bridgehead atoms. The molecular formula is C65H90ClN9O15Si. The van der Waals surface area contributed by atoms with Crippen LogP contribution in [0.3, 0.4) is 0 Å². The zero-order chi connectivity index (χ0) is 66.5. The fourth-order valence-electron chi connectivity index (χ4n) is 10.1. The summed E-state index contributed by atoms with van der Waals surface area (Å²) in [4.78, 5) is 72.6. The molecule has 4 aliphatic heterocycles. The van der Waals surface area contributed by atoms with E-state index in [1.165, 1.54) is 16.1 Å². The summed E-state index contributed by atoms with van der Waals surface area (Å²) >= 11 is 5.63. The van der Waals surface area contributed by atoms with E-state index in [1.54, 1.807) is 36.0 Å². The molecule has 8 atom stereocenters. The number of hydrogen-bond acceptors (Lipinski definition) is 19. The summed E-state index contributed by atoms with van der Waals surface area (Å²) in [6, 6.07) is 26.5. The summed E-state index contributed by atoms with van der Waals surface area (Å²) in [7, 11) is -1.29. The van der Waals surface area contributed by atoms with Crippen molar-refractivity contribution < 1.29 is 71.4 Å². The van der Waals surface area contributed by atoms with Gasteiger partial charge < -0.3 is 52.8 Å². The number of carbonyl (C=O) groups excluding carboxylic acids is 4. The number of nitrogens with zero attached hydrogens (tertiary/aromatic N) is 8. The Bertz CT molecular complexity index is 3020. The third-order valence-electron chi connectivity index (χ3n) is 13.8. The van der Waals surface area contributed by atoms with E-state index >= 15 is 0 Å². The molecule has 6 aromatic rings. The van der Waals surface area contributed by atoms with Crippen LogP contribution in [0.5, 0.6) is 0 Å². The quantitative estimate of drug-likeness (QED) is 0.0519. The van der Waals surface area contributed by atoms with Gasteiger partial charge in [-0.3, -0.25) is 19.5 Å². The summed E-state index contributed by atoms with van der Waals surface area (Å²) in [6.45, 7) is 26.2. The van der Waals surface area contributed by atoms with Crippen molar-refractivity contribution in [3.63, 3.8) is 0 Å². The van der Waals surface area contributed by atoms with Gasteiger partial charge in [0.25, 0.3) is 0 Å². The molecule has 7 heterocycles. The number of carbonyl (C=O) groups is 5. The lowest BCUT2D eigenvalue weighted by Gasteiger charge is -2.24. The van der Waals surface area contributed by atoms with Crippen LogP contribution in [0, 0.1) is 0 Å². The number of ether oxygens (including phenoxy) is 6. The van der Waals surface area contributed by atoms with Crippen LogP contribution in [-0.4, -0.2) is 167 Å². The van der Waals surface area contributed by atoms with Crippen molar-refractivity contribution in [3.8, 4) is 0 Å². The number of carboxylic acids is 1. The van der Waals surface area contributed by atoms with Gasteiger partial charge in [0.05, 0.1) is 91.7 Å². The predicted molar refractivity (Wildman–Crippen MR) is 340 cm³/mol. The minimum absolute atomic E-state index is 0.0822. The van der Waals surface area contributed by atoms with E-state index in [0.29, 0.717) is 50.7 Å². The zero-order valence-electron chi connectivity index (χ0n) is 54.2. The molecule has 0 saturated carbocycles. The minimum Gasteiger partial charge on any atom is -0.480 e. The highest BCUT2D eigenvalue weighted by molar-refractivity contribution is 6.73.